The van der Waals surface area contributed by atoms with E-state index in [2.05, 4.69) is 41.4 Å². The lowest BCUT2D eigenvalue weighted by molar-refractivity contribution is -0.147. The Morgan fingerprint density at radius 2 is 1.81 bits per heavy atom. The molecule has 2 aromatic rings. The topological polar surface area (TPSA) is 65.5 Å². The Hall–Kier alpha value is -2.79. The summed E-state index contributed by atoms with van der Waals surface area (Å²) in [4.78, 5) is 26.1. The fourth-order valence-corrected chi connectivity index (χ4v) is 2.50. The van der Waals surface area contributed by atoms with E-state index in [1.807, 2.05) is 19.2 Å². The largest absolute Gasteiger partial charge is 0.463 e. The molecule has 2 rings (SSSR count). The first kappa shape index (κ1) is 20.5. The summed E-state index contributed by atoms with van der Waals surface area (Å²) in [5.74, 6) is -0.712. The van der Waals surface area contributed by atoms with Gasteiger partial charge >= 0.3 is 5.97 Å². The molecule has 0 spiro atoms. The monoisotopic (exact) mass is 367 g/mol. The van der Waals surface area contributed by atoms with Crippen molar-refractivity contribution in [3.05, 3.63) is 71.1 Å². The third-order valence-corrected chi connectivity index (χ3v) is 3.74. The molecule has 1 aromatic carbocycles. The van der Waals surface area contributed by atoms with Crippen molar-refractivity contribution in [3.63, 3.8) is 0 Å². The predicted molar refractivity (Wildman–Crippen MR) is 104 cm³/mol. The van der Waals surface area contributed by atoms with Crippen molar-refractivity contribution in [2.75, 3.05) is 19.8 Å². The van der Waals surface area contributed by atoms with Crippen molar-refractivity contribution in [3.8, 4) is 0 Å². The number of ketones is 1. The number of nitrogens with zero attached hydrogens (tertiary/aromatic N) is 1. The number of benzene rings is 1. The quantitative estimate of drug-likeness (QED) is 0.365. The molecular formula is C22H25NO4. The Morgan fingerprint density at radius 1 is 1.04 bits per heavy atom. The normalized spacial score (nSPS) is 11.3. The molecule has 0 atom stereocenters. The van der Waals surface area contributed by atoms with Gasteiger partial charge in [0.1, 0.15) is 18.8 Å². The van der Waals surface area contributed by atoms with Gasteiger partial charge in [-0.05, 0) is 48.6 Å². The minimum Gasteiger partial charge on any atom is -0.463 e. The highest BCUT2D eigenvalue weighted by Gasteiger charge is 2.05. The molecule has 0 saturated heterocycles. The zero-order valence-electron chi connectivity index (χ0n) is 15.8. The second-order valence-corrected chi connectivity index (χ2v) is 6.42. The Balaban J connectivity index is 1.72. The number of carbonyl (C=O) groups is 2. The van der Waals surface area contributed by atoms with Gasteiger partial charge in [-0.3, -0.25) is 14.6 Å². The van der Waals surface area contributed by atoms with Crippen molar-refractivity contribution in [1.29, 1.82) is 0 Å². The number of carbonyl (C=O) groups excluding carboxylic acids is 2. The number of aromatic nitrogens is 1. The predicted octanol–water partition coefficient (Wildman–Crippen LogP) is 3.61. The van der Waals surface area contributed by atoms with Crippen LogP contribution in [0.3, 0.4) is 0 Å². The van der Waals surface area contributed by atoms with E-state index in [9.17, 15) is 9.59 Å². The van der Waals surface area contributed by atoms with E-state index in [0.717, 1.165) is 17.6 Å². The summed E-state index contributed by atoms with van der Waals surface area (Å²) >= 11 is 0. The van der Waals surface area contributed by atoms with Crippen molar-refractivity contribution >= 4 is 17.8 Å². The van der Waals surface area contributed by atoms with Gasteiger partial charge in [-0.2, -0.15) is 0 Å². The van der Waals surface area contributed by atoms with E-state index in [4.69, 9.17) is 9.47 Å². The van der Waals surface area contributed by atoms with Crippen LogP contribution in [-0.4, -0.2) is 36.6 Å². The maximum absolute atomic E-state index is 11.2. The fraction of sp³-hybridized carbons (Fsp3) is 0.318. The molecule has 0 aliphatic carbocycles. The molecule has 1 heterocycles. The van der Waals surface area contributed by atoms with E-state index in [1.165, 1.54) is 18.1 Å². The highest BCUT2D eigenvalue weighted by atomic mass is 16.6. The lowest BCUT2D eigenvalue weighted by Crippen LogP contribution is -2.13. The van der Waals surface area contributed by atoms with Gasteiger partial charge in [-0.15, -0.1) is 0 Å². The number of pyridine rings is 1. The average molecular weight is 367 g/mol. The average Bonchev–Trinajstić information content (AvgIpc) is 2.63. The summed E-state index contributed by atoms with van der Waals surface area (Å²) in [6, 6.07) is 12.4. The maximum Gasteiger partial charge on any atom is 0.313 e. The van der Waals surface area contributed by atoms with Gasteiger partial charge in [-0.25, -0.2) is 0 Å². The Morgan fingerprint density at radius 3 is 2.48 bits per heavy atom. The number of rotatable bonds is 10. The van der Waals surface area contributed by atoms with Crippen molar-refractivity contribution in [1.82, 2.24) is 4.98 Å². The van der Waals surface area contributed by atoms with Crippen LogP contribution < -0.4 is 0 Å². The van der Waals surface area contributed by atoms with Gasteiger partial charge in [0.15, 0.2) is 0 Å². The highest BCUT2D eigenvalue weighted by Crippen LogP contribution is 2.12. The van der Waals surface area contributed by atoms with Crippen molar-refractivity contribution in [2.24, 2.45) is 0 Å². The number of esters is 1. The summed E-state index contributed by atoms with van der Waals surface area (Å²) in [6.45, 7) is 4.27. The summed E-state index contributed by atoms with van der Waals surface area (Å²) < 4.78 is 10.4. The molecule has 0 amide bonds. The van der Waals surface area contributed by atoms with E-state index in [0.29, 0.717) is 13.2 Å². The zero-order chi connectivity index (χ0) is 19.5. The first-order valence-corrected chi connectivity index (χ1v) is 8.91. The van der Waals surface area contributed by atoms with Crippen LogP contribution in [-0.2, 0) is 25.5 Å². The van der Waals surface area contributed by atoms with Gasteiger partial charge in [0.2, 0.25) is 0 Å². The molecule has 0 N–H and O–H groups in total. The van der Waals surface area contributed by atoms with Gasteiger partial charge in [-0.1, -0.05) is 36.4 Å². The molecule has 0 aliphatic rings. The lowest BCUT2D eigenvalue weighted by atomic mass is 10.0. The molecule has 0 fully saturated rings. The van der Waals surface area contributed by atoms with E-state index < -0.39 is 5.97 Å². The summed E-state index contributed by atoms with van der Waals surface area (Å²) in [6.07, 6.45) is 6.40. The molecule has 0 unspecified atom stereocenters. The first-order valence-electron chi connectivity index (χ1n) is 8.91. The van der Waals surface area contributed by atoms with Crippen LogP contribution in [0.1, 0.15) is 37.0 Å². The first-order chi connectivity index (χ1) is 13.0. The molecule has 142 valence electrons. The second kappa shape index (κ2) is 11.0. The Kier molecular flexibility index (Phi) is 8.39. The smallest absolute Gasteiger partial charge is 0.313 e. The number of hydrogen-bond donors (Lipinski definition) is 0. The minimum atomic E-state index is -0.510. The molecule has 1 aromatic heterocycles. The third kappa shape index (κ3) is 8.42. The second-order valence-electron chi connectivity index (χ2n) is 6.42. The Bertz CT molecular complexity index is 767. The van der Waals surface area contributed by atoms with Crippen LogP contribution in [0.2, 0.25) is 0 Å². The molecule has 5 heteroatoms. The summed E-state index contributed by atoms with van der Waals surface area (Å²) in [5.41, 5.74) is 4.61. The SMILES string of the molecule is CC(=O)CC(=O)OCCOC/C(C)=C/c1ccc(Cc2cccnc2)cc1. The van der Waals surface area contributed by atoms with Crippen LogP contribution in [0, 0.1) is 0 Å². The number of ether oxygens (including phenoxy) is 2. The van der Waals surface area contributed by atoms with Gasteiger partial charge in [0.25, 0.3) is 0 Å². The summed E-state index contributed by atoms with van der Waals surface area (Å²) in [7, 11) is 0. The van der Waals surface area contributed by atoms with E-state index in [1.54, 1.807) is 6.20 Å². The van der Waals surface area contributed by atoms with Crippen molar-refractivity contribution < 1.29 is 19.1 Å². The highest BCUT2D eigenvalue weighted by molar-refractivity contribution is 5.94. The molecule has 0 saturated carbocycles. The number of hydrogen-bond acceptors (Lipinski definition) is 5. The minimum absolute atomic E-state index is 0.155. The van der Waals surface area contributed by atoms with Gasteiger partial charge < -0.3 is 9.47 Å². The maximum atomic E-state index is 11.2. The van der Waals surface area contributed by atoms with Crippen molar-refractivity contribution in [2.45, 2.75) is 26.7 Å². The molecule has 27 heavy (non-hydrogen) atoms. The van der Waals surface area contributed by atoms with E-state index >= 15 is 0 Å². The number of Topliss-reactive ketones (excluding diaryl/α,β-unsaturated/α-hetero) is 1. The third-order valence-electron chi connectivity index (χ3n) is 3.74. The van der Waals surface area contributed by atoms with E-state index in [-0.39, 0.29) is 18.8 Å². The van der Waals surface area contributed by atoms with Crippen LogP contribution in [0.25, 0.3) is 6.08 Å². The van der Waals surface area contributed by atoms with Gasteiger partial charge in [0.05, 0.1) is 13.2 Å². The Labute approximate surface area is 160 Å². The van der Waals surface area contributed by atoms with Crippen LogP contribution in [0.5, 0.6) is 0 Å². The van der Waals surface area contributed by atoms with Crippen LogP contribution >= 0.6 is 0 Å². The molecular weight excluding hydrogens is 342 g/mol. The standard InChI is InChI=1S/C22H25NO4/c1-17(16-26-10-11-27-22(25)13-18(2)24)12-19-5-7-20(8-6-19)14-21-4-3-9-23-15-21/h3-9,12,15H,10-11,13-14,16H2,1-2H3/b17-12+. The zero-order valence-corrected chi connectivity index (χ0v) is 15.8. The summed E-state index contributed by atoms with van der Waals surface area (Å²) in [5, 5.41) is 0. The fourth-order valence-electron chi connectivity index (χ4n) is 2.50. The van der Waals surface area contributed by atoms with Crippen LogP contribution in [0.4, 0.5) is 0 Å². The molecule has 0 bridgehead atoms. The lowest BCUT2D eigenvalue weighted by Gasteiger charge is -2.06. The molecule has 0 radical (unpaired) electrons. The van der Waals surface area contributed by atoms with Gasteiger partial charge in [0, 0.05) is 12.4 Å². The molecule has 5 nitrogen and oxygen atoms in total. The molecule has 0 aliphatic heterocycles. The van der Waals surface area contributed by atoms with Crippen LogP contribution in [0.15, 0.2) is 54.4 Å².